The van der Waals surface area contributed by atoms with Gasteiger partial charge in [0.25, 0.3) is 0 Å². The monoisotopic (exact) mass is 634 g/mol. The van der Waals surface area contributed by atoms with E-state index in [1.165, 1.54) is 17.8 Å². The van der Waals surface area contributed by atoms with Crippen molar-refractivity contribution in [1.82, 2.24) is 5.32 Å². The third-order valence-electron chi connectivity index (χ3n) is 6.44. The van der Waals surface area contributed by atoms with Crippen LogP contribution in [0.25, 0.3) is 5.57 Å². The highest BCUT2D eigenvalue weighted by Gasteiger charge is 2.30. The van der Waals surface area contributed by atoms with Gasteiger partial charge in [-0.1, -0.05) is 102 Å². The second kappa shape index (κ2) is 22.8. The van der Waals surface area contributed by atoms with E-state index in [1.54, 1.807) is 12.1 Å². The van der Waals surface area contributed by atoms with Crippen LogP contribution in [0, 0.1) is 6.92 Å². The maximum absolute atomic E-state index is 13.0. The van der Waals surface area contributed by atoms with E-state index >= 15 is 0 Å². The third-order valence-corrected chi connectivity index (χ3v) is 6.44. The van der Waals surface area contributed by atoms with Gasteiger partial charge in [0.05, 0.1) is 5.56 Å². The van der Waals surface area contributed by atoms with Crippen LogP contribution in [-0.4, -0.2) is 0 Å². The smallest absolute Gasteiger partial charge is 0.405 e. The minimum absolute atomic E-state index is 0.431. The normalized spacial score (nSPS) is 11.6. The predicted octanol–water partition coefficient (Wildman–Crippen LogP) is 10.7. The number of hydrogen-bond acceptors (Lipinski definition) is 4. The van der Waals surface area contributed by atoms with Crippen LogP contribution in [0.5, 0.6) is 0 Å². The Morgan fingerprint density at radius 2 is 1.41 bits per heavy atom. The number of allylic oxidation sites excluding steroid dienone is 6. The highest BCUT2D eigenvalue weighted by molar-refractivity contribution is 5.78. The first-order chi connectivity index (χ1) is 22.0. The number of anilines is 1. The van der Waals surface area contributed by atoms with Crippen LogP contribution in [-0.2, 0) is 19.3 Å². The van der Waals surface area contributed by atoms with Gasteiger partial charge in [-0.2, -0.15) is 13.2 Å². The summed E-state index contributed by atoms with van der Waals surface area (Å²) in [4.78, 5) is 0. The molecular formula is C39H53F3N4. The standard InChI is InChI=1S/C33H36F3N3.C2H5N.2C2H6/c1-5-29(19-27(18-24(4)32(37)6-2)31-13-8-7-10-23(31)3)38-21-25-14-16-26(17-15-25)22-39-30-12-9-11-28(20-30)33(34,35)36;1-2-3;2*1-2/h6-20,38-39H,2,5,21-22,37H2,1,3-4H3;2H,1,3H2;2*1-2H3/b27-18+,29-19+,32-24-;;;. The van der Waals surface area contributed by atoms with Crippen LogP contribution in [0.3, 0.4) is 0 Å². The average Bonchev–Trinajstić information content (AvgIpc) is 3.07. The van der Waals surface area contributed by atoms with Crippen LogP contribution in [0.2, 0.25) is 0 Å². The summed E-state index contributed by atoms with van der Waals surface area (Å²) in [7, 11) is 0. The van der Waals surface area contributed by atoms with Gasteiger partial charge in [0.2, 0.25) is 0 Å². The van der Waals surface area contributed by atoms with E-state index in [9.17, 15) is 13.2 Å². The van der Waals surface area contributed by atoms with Crippen molar-refractivity contribution in [2.45, 2.75) is 74.2 Å². The fourth-order valence-corrected chi connectivity index (χ4v) is 4.04. The lowest BCUT2D eigenvalue weighted by molar-refractivity contribution is -0.137. The molecule has 0 saturated heterocycles. The molecule has 3 aromatic carbocycles. The second-order valence-electron chi connectivity index (χ2n) is 9.62. The number of alkyl halides is 3. The Labute approximate surface area is 275 Å². The number of hydrogen-bond donors (Lipinski definition) is 4. The summed E-state index contributed by atoms with van der Waals surface area (Å²) >= 11 is 0. The number of nitrogens with one attached hydrogen (secondary N) is 2. The molecule has 0 amide bonds. The van der Waals surface area contributed by atoms with E-state index in [0.29, 0.717) is 24.5 Å². The van der Waals surface area contributed by atoms with Gasteiger partial charge in [-0.25, -0.2) is 0 Å². The van der Waals surface area contributed by atoms with Crippen molar-refractivity contribution in [2.24, 2.45) is 11.5 Å². The van der Waals surface area contributed by atoms with E-state index in [-0.39, 0.29) is 0 Å². The van der Waals surface area contributed by atoms with E-state index < -0.39 is 11.7 Å². The quantitative estimate of drug-likeness (QED) is 0.158. The van der Waals surface area contributed by atoms with E-state index in [4.69, 9.17) is 5.73 Å². The number of aryl methyl sites for hydroxylation is 1. The van der Waals surface area contributed by atoms with Crippen LogP contribution in [0.15, 0.2) is 127 Å². The van der Waals surface area contributed by atoms with Crippen molar-refractivity contribution in [3.05, 3.63) is 155 Å². The van der Waals surface area contributed by atoms with E-state index in [1.807, 2.05) is 71.0 Å². The molecule has 3 rings (SSSR count). The van der Waals surface area contributed by atoms with Gasteiger partial charge in [0.15, 0.2) is 0 Å². The Morgan fingerprint density at radius 3 is 1.93 bits per heavy atom. The molecule has 7 heteroatoms. The molecule has 46 heavy (non-hydrogen) atoms. The summed E-state index contributed by atoms with van der Waals surface area (Å²) in [6, 6.07) is 21.5. The zero-order chi connectivity index (χ0) is 35.1. The van der Waals surface area contributed by atoms with Crippen molar-refractivity contribution in [1.29, 1.82) is 0 Å². The highest BCUT2D eigenvalue weighted by atomic mass is 19.4. The fourth-order valence-electron chi connectivity index (χ4n) is 4.04. The summed E-state index contributed by atoms with van der Waals surface area (Å²) in [6.45, 7) is 22.2. The lowest BCUT2D eigenvalue weighted by Crippen LogP contribution is -2.13. The summed E-state index contributed by atoms with van der Waals surface area (Å²) in [5.74, 6) is 0. The Bertz CT molecular complexity index is 1420. The zero-order valence-corrected chi connectivity index (χ0v) is 28.6. The molecule has 0 aliphatic heterocycles. The third kappa shape index (κ3) is 14.9. The number of rotatable bonds is 11. The molecule has 6 N–H and O–H groups in total. The molecule has 4 nitrogen and oxygen atoms in total. The van der Waals surface area contributed by atoms with Gasteiger partial charge in [-0.05, 0) is 96.3 Å². The van der Waals surface area contributed by atoms with Crippen molar-refractivity contribution in [3.8, 4) is 0 Å². The summed E-state index contributed by atoms with van der Waals surface area (Å²) in [6.07, 6.45) is 3.62. The van der Waals surface area contributed by atoms with E-state index in [2.05, 4.69) is 67.7 Å². The summed E-state index contributed by atoms with van der Waals surface area (Å²) < 4.78 is 38.9. The van der Waals surface area contributed by atoms with Gasteiger partial charge in [0, 0.05) is 30.2 Å². The Hall–Kier alpha value is -4.65. The molecule has 3 aromatic rings. The first kappa shape index (κ1) is 41.4. The maximum atomic E-state index is 13.0. The minimum atomic E-state index is -4.36. The summed E-state index contributed by atoms with van der Waals surface area (Å²) in [5.41, 5.74) is 18.6. The second-order valence-corrected chi connectivity index (χ2v) is 9.62. The molecule has 0 aromatic heterocycles. The molecule has 0 saturated carbocycles. The minimum Gasteiger partial charge on any atom is -0.405 e. The molecular weight excluding hydrogens is 581 g/mol. The largest absolute Gasteiger partial charge is 0.416 e. The molecule has 0 aliphatic rings. The van der Waals surface area contributed by atoms with Crippen LogP contribution < -0.4 is 22.1 Å². The maximum Gasteiger partial charge on any atom is 0.416 e. The lowest BCUT2D eigenvalue weighted by Gasteiger charge is -2.14. The van der Waals surface area contributed by atoms with Crippen LogP contribution in [0.4, 0.5) is 18.9 Å². The first-order valence-corrected chi connectivity index (χ1v) is 15.6. The van der Waals surface area contributed by atoms with Crippen molar-refractivity contribution >= 4 is 11.3 Å². The first-order valence-electron chi connectivity index (χ1n) is 15.6. The van der Waals surface area contributed by atoms with Gasteiger partial charge in [-0.3, -0.25) is 0 Å². The Morgan fingerprint density at radius 1 is 0.848 bits per heavy atom. The molecule has 0 aliphatic carbocycles. The zero-order valence-electron chi connectivity index (χ0n) is 28.6. The van der Waals surface area contributed by atoms with Crippen molar-refractivity contribution in [3.63, 3.8) is 0 Å². The SMILES string of the molecule is C=C/C(N)=C(C)/C=C(\C=C(/CC)NCc1ccc(CNc2cccc(C(F)(F)F)c2)cc1)c1ccccc1C.C=CN.CC.CC. The molecule has 0 bridgehead atoms. The lowest BCUT2D eigenvalue weighted by atomic mass is 9.97. The number of halogens is 3. The Balaban J connectivity index is 0.00000268. The van der Waals surface area contributed by atoms with Crippen molar-refractivity contribution < 1.29 is 13.2 Å². The predicted molar refractivity (Wildman–Crippen MR) is 194 cm³/mol. The van der Waals surface area contributed by atoms with Crippen LogP contribution in [0.1, 0.15) is 75.8 Å². The van der Waals surface area contributed by atoms with Gasteiger partial charge in [-0.15, -0.1) is 0 Å². The topological polar surface area (TPSA) is 76.1 Å². The number of nitrogens with two attached hydrogens (primary N) is 2. The average molecular weight is 635 g/mol. The molecule has 0 unspecified atom stereocenters. The molecule has 0 atom stereocenters. The van der Waals surface area contributed by atoms with Gasteiger partial charge < -0.3 is 22.1 Å². The molecule has 0 heterocycles. The molecule has 0 fully saturated rings. The summed E-state index contributed by atoms with van der Waals surface area (Å²) in [5, 5.41) is 6.62. The van der Waals surface area contributed by atoms with Crippen molar-refractivity contribution in [2.75, 3.05) is 5.32 Å². The molecule has 250 valence electrons. The molecule has 0 radical (unpaired) electrons. The van der Waals surface area contributed by atoms with Gasteiger partial charge >= 0.3 is 6.18 Å². The number of benzene rings is 3. The highest BCUT2D eigenvalue weighted by Crippen LogP contribution is 2.31. The molecule has 0 spiro atoms. The van der Waals surface area contributed by atoms with Crippen LogP contribution >= 0.6 is 0 Å². The Kier molecular flexibility index (Phi) is 20.5. The van der Waals surface area contributed by atoms with Gasteiger partial charge in [0.1, 0.15) is 0 Å². The van der Waals surface area contributed by atoms with E-state index in [0.717, 1.165) is 52.1 Å². The fraction of sp³-hybridized carbons (Fsp3) is 0.282.